The Labute approximate surface area is 99.1 Å². The van der Waals surface area contributed by atoms with E-state index in [1.54, 1.807) is 0 Å². The molecule has 0 atom stereocenters. The second-order valence-electron chi connectivity index (χ2n) is 4.00. The Kier molecular flexibility index (Phi) is 2.23. The Morgan fingerprint density at radius 3 is 2.71 bits per heavy atom. The van der Waals surface area contributed by atoms with E-state index in [2.05, 4.69) is 23.2 Å². The largest absolute Gasteiger partial charge is 0.247 e. The van der Waals surface area contributed by atoms with Crippen LogP contribution in [0.2, 0.25) is 0 Å². The monoisotopic (exact) mass is 218 g/mol. The average molecular weight is 218 g/mol. The molecule has 0 saturated carbocycles. The molecule has 3 rings (SSSR count). The molecule has 3 aromatic rings. The van der Waals surface area contributed by atoms with E-state index < -0.39 is 0 Å². The Hall–Kier alpha value is -2.40. The van der Waals surface area contributed by atoms with E-state index in [1.807, 2.05) is 36.4 Å². The van der Waals surface area contributed by atoms with Crippen molar-refractivity contribution in [3.63, 3.8) is 0 Å². The van der Waals surface area contributed by atoms with Crippen LogP contribution in [-0.2, 0) is 6.42 Å². The first-order valence-electron chi connectivity index (χ1n) is 5.53. The van der Waals surface area contributed by atoms with Crippen molar-refractivity contribution in [2.75, 3.05) is 0 Å². The first-order valence-corrected chi connectivity index (χ1v) is 5.53. The number of hydrogen-bond donors (Lipinski definition) is 0. The minimum atomic E-state index is 0.405. The highest BCUT2D eigenvalue weighted by molar-refractivity contribution is 5.94. The molecule has 2 aromatic carbocycles. The molecule has 0 saturated heterocycles. The van der Waals surface area contributed by atoms with E-state index in [1.165, 1.54) is 0 Å². The van der Waals surface area contributed by atoms with Gasteiger partial charge < -0.3 is 0 Å². The lowest BCUT2D eigenvalue weighted by atomic mass is 10.1. The van der Waals surface area contributed by atoms with Gasteiger partial charge in [-0.25, -0.2) is 4.98 Å². The van der Waals surface area contributed by atoms with E-state index in [0.29, 0.717) is 6.42 Å². The van der Waals surface area contributed by atoms with Crippen molar-refractivity contribution in [2.24, 2.45) is 0 Å². The van der Waals surface area contributed by atoms with Crippen LogP contribution in [0.3, 0.4) is 0 Å². The maximum Gasteiger partial charge on any atom is 0.0752 e. The van der Waals surface area contributed by atoms with Crippen LogP contribution in [0.1, 0.15) is 5.56 Å². The summed E-state index contributed by atoms with van der Waals surface area (Å²) in [7, 11) is 0. The van der Waals surface area contributed by atoms with E-state index in [9.17, 15) is 0 Å². The number of nitriles is 1. The van der Waals surface area contributed by atoms with Gasteiger partial charge in [-0.15, -0.1) is 0 Å². The topological polar surface area (TPSA) is 36.7 Å². The van der Waals surface area contributed by atoms with Crippen LogP contribution >= 0.6 is 0 Å². The van der Waals surface area contributed by atoms with Gasteiger partial charge in [0.15, 0.2) is 0 Å². The van der Waals surface area contributed by atoms with Crippen LogP contribution in [0, 0.1) is 11.3 Å². The summed E-state index contributed by atoms with van der Waals surface area (Å²) < 4.78 is 0. The first-order chi connectivity index (χ1) is 8.38. The molecule has 1 aromatic heterocycles. The molecule has 0 bridgehead atoms. The molecule has 0 spiro atoms. The minimum absolute atomic E-state index is 0.405. The van der Waals surface area contributed by atoms with E-state index in [0.717, 1.165) is 27.4 Å². The number of hydrogen-bond acceptors (Lipinski definition) is 2. The van der Waals surface area contributed by atoms with Gasteiger partial charge in [-0.3, -0.25) is 0 Å². The second-order valence-corrected chi connectivity index (χ2v) is 4.00. The fourth-order valence-corrected chi connectivity index (χ4v) is 2.09. The number of fused-ring (bicyclic) bond motifs is 2. The molecule has 2 heteroatoms. The van der Waals surface area contributed by atoms with E-state index in [-0.39, 0.29) is 0 Å². The molecule has 0 fully saturated rings. The quantitative estimate of drug-likeness (QED) is 0.586. The Bertz CT molecular complexity index is 739. The van der Waals surface area contributed by atoms with Gasteiger partial charge in [0.2, 0.25) is 0 Å². The summed E-state index contributed by atoms with van der Waals surface area (Å²) in [5.74, 6) is 0. The number of aromatic nitrogens is 1. The van der Waals surface area contributed by atoms with Crippen LogP contribution in [0.15, 0.2) is 48.5 Å². The lowest BCUT2D eigenvalue weighted by Gasteiger charge is -2.04. The zero-order valence-electron chi connectivity index (χ0n) is 9.22. The summed E-state index contributed by atoms with van der Waals surface area (Å²) in [6.45, 7) is 0. The molecule has 0 aliphatic rings. The Morgan fingerprint density at radius 2 is 1.82 bits per heavy atom. The molecule has 0 unspecified atom stereocenters. The normalized spacial score (nSPS) is 10.5. The predicted molar refractivity (Wildman–Crippen MR) is 68.6 cm³/mol. The summed E-state index contributed by atoms with van der Waals surface area (Å²) >= 11 is 0. The van der Waals surface area contributed by atoms with Crippen molar-refractivity contribution in [3.8, 4) is 6.07 Å². The van der Waals surface area contributed by atoms with Gasteiger partial charge in [-0.2, -0.15) is 5.26 Å². The van der Waals surface area contributed by atoms with Gasteiger partial charge in [0.05, 0.1) is 23.5 Å². The third-order valence-electron chi connectivity index (χ3n) is 2.90. The third-order valence-corrected chi connectivity index (χ3v) is 2.90. The summed E-state index contributed by atoms with van der Waals surface area (Å²) in [5, 5.41) is 11.0. The summed E-state index contributed by atoms with van der Waals surface area (Å²) in [5.41, 5.74) is 2.91. The summed E-state index contributed by atoms with van der Waals surface area (Å²) in [6, 6.07) is 18.3. The molecule has 2 nitrogen and oxygen atoms in total. The van der Waals surface area contributed by atoms with Crippen LogP contribution in [-0.4, -0.2) is 4.98 Å². The fourth-order valence-electron chi connectivity index (χ4n) is 2.09. The van der Waals surface area contributed by atoms with E-state index in [4.69, 9.17) is 5.26 Å². The summed E-state index contributed by atoms with van der Waals surface area (Å²) in [4.78, 5) is 4.65. The smallest absolute Gasteiger partial charge is 0.0752 e. The van der Waals surface area contributed by atoms with Crippen molar-refractivity contribution in [3.05, 3.63) is 54.1 Å². The van der Waals surface area contributed by atoms with Gasteiger partial charge in [-0.05, 0) is 17.7 Å². The predicted octanol–water partition coefficient (Wildman–Crippen LogP) is 3.45. The number of pyridine rings is 1. The zero-order valence-corrected chi connectivity index (χ0v) is 9.22. The molecule has 0 N–H and O–H groups in total. The van der Waals surface area contributed by atoms with Crippen molar-refractivity contribution in [1.29, 1.82) is 5.26 Å². The standard InChI is InChI=1S/C15H10N2/c16-9-8-11-5-3-6-13-10-12-4-1-2-7-14(12)17-15(11)13/h1-7,10H,8H2. The number of rotatable bonds is 1. The van der Waals surface area contributed by atoms with Crippen molar-refractivity contribution in [1.82, 2.24) is 4.98 Å². The van der Waals surface area contributed by atoms with Gasteiger partial charge in [-0.1, -0.05) is 36.4 Å². The fraction of sp³-hybridized carbons (Fsp3) is 0.0667. The molecule has 17 heavy (non-hydrogen) atoms. The van der Waals surface area contributed by atoms with Crippen LogP contribution < -0.4 is 0 Å². The maximum absolute atomic E-state index is 8.81. The number of nitrogens with zero attached hydrogens (tertiary/aromatic N) is 2. The third kappa shape index (κ3) is 1.62. The van der Waals surface area contributed by atoms with Crippen LogP contribution in [0.25, 0.3) is 21.8 Å². The minimum Gasteiger partial charge on any atom is -0.247 e. The maximum atomic E-state index is 8.81. The van der Waals surface area contributed by atoms with E-state index >= 15 is 0 Å². The molecule has 0 radical (unpaired) electrons. The number of para-hydroxylation sites is 2. The van der Waals surface area contributed by atoms with Gasteiger partial charge in [0.1, 0.15) is 0 Å². The SMILES string of the molecule is N#CCc1cccc2cc3ccccc3nc12. The molecule has 80 valence electrons. The highest BCUT2D eigenvalue weighted by Gasteiger charge is 2.03. The van der Waals surface area contributed by atoms with Crippen LogP contribution in [0.4, 0.5) is 0 Å². The van der Waals surface area contributed by atoms with Crippen molar-refractivity contribution in [2.45, 2.75) is 6.42 Å². The molecular formula is C15H10N2. The highest BCUT2D eigenvalue weighted by atomic mass is 14.7. The molecular weight excluding hydrogens is 208 g/mol. The zero-order chi connectivity index (χ0) is 11.7. The van der Waals surface area contributed by atoms with Gasteiger partial charge in [0, 0.05) is 10.8 Å². The average Bonchev–Trinajstić information content (AvgIpc) is 2.37. The van der Waals surface area contributed by atoms with Crippen LogP contribution in [0.5, 0.6) is 0 Å². The second kappa shape index (κ2) is 3.88. The molecule has 0 aliphatic carbocycles. The van der Waals surface area contributed by atoms with Gasteiger partial charge in [0.25, 0.3) is 0 Å². The first kappa shape index (κ1) is 9.80. The highest BCUT2D eigenvalue weighted by Crippen LogP contribution is 2.22. The van der Waals surface area contributed by atoms with Crippen molar-refractivity contribution >= 4 is 21.8 Å². The lowest BCUT2D eigenvalue weighted by Crippen LogP contribution is -1.89. The molecule has 0 amide bonds. The molecule has 0 aliphatic heterocycles. The Balaban J connectivity index is 2.40. The van der Waals surface area contributed by atoms with Crippen molar-refractivity contribution < 1.29 is 0 Å². The molecule has 1 heterocycles. The number of benzene rings is 2. The lowest BCUT2D eigenvalue weighted by molar-refractivity contribution is 1.27. The summed E-state index contributed by atoms with van der Waals surface area (Å²) in [6.07, 6.45) is 0.405. The van der Waals surface area contributed by atoms with Gasteiger partial charge >= 0.3 is 0 Å². The Morgan fingerprint density at radius 1 is 1.00 bits per heavy atom.